The minimum absolute atomic E-state index is 0.293. The van der Waals surface area contributed by atoms with Gasteiger partial charge in [0.1, 0.15) is 0 Å². The minimum Gasteiger partial charge on any atom is -0.469 e. The summed E-state index contributed by atoms with van der Waals surface area (Å²) in [7, 11) is 1.36. The van der Waals surface area contributed by atoms with Crippen molar-refractivity contribution in [1.29, 1.82) is 0 Å². The second kappa shape index (κ2) is 8.52. The summed E-state index contributed by atoms with van der Waals surface area (Å²) in [6.45, 7) is 1.79. The van der Waals surface area contributed by atoms with E-state index in [1.54, 1.807) is 37.3 Å². The van der Waals surface area contributed by atoms with Crippen molar-refractivity contribution >= 4 is 29.2 Å². The first-order valence-corrected chi connectivity index (χ1v) is 8.44. The van der Waals surface area contributed by atoms with Crippen LogP contribution in [0, 0.1) is 5.92 Å². The third-order valence-corrected chi connectivity index (χ3v) is 4.57. The number of esters is 1. The van der Waals surface area contributed by atoms with Crippen molar-refractivity contribution in [2.24, 2.45) is 5.92 Å². The summed E-state index contributed by atoms with van der Waals surface area (Å²) < 4.78 is 4.81. The van der Waals surface area contributed by atoms with Crippen LogP contribution in [0.2, 0.25) is 10.0 Å². The maximum absolute atomic E-state index is 11.8. The molecule has 3 atom stereocenters. The molecule has 128 valence electrons. The third kappa shape index (κ3) is 4.73. The summed E-state index contributed by atoms with van der Waals surface area (Å²) in [5.74, 6) is -0.940. The fourth-order valence-corrected chi connectivity index (χ4v) is 3.08. The number of carbonyl (C=O) groups excluding carboxylic acids is 1. The maximum atomic E-state index is 11.8. The van der Waals surface area contributed by atoms with Crippen LogP contribution in [0.15, 0.2) is 48.5 Å². The SMILES string of the molecule is COC(=O)C(C)C[C@H](c1cccc(Cl)c1)C(O)c1ccc(Cl)cc1. The van der Waals surface area contributed by atoms with Gasteiger partial charge in [0.05, 0.1) is 19.1 Å². The van der Waals surface area contributed by atoms with E-state index < -0.39 is 6.10 Å². The van der Waals surface area contributed by atoms with E-state index in [9.17, 15) is 9.90 Å². The first kappa shape index (κ1) is 18.8. The quantitative estimate of drug-likeness (QED) is 0.730. The standard InChI is InChI=1S/C19H20Cl2O3/c1-12(19(23)24-2)10-17(14-4-3-5-16(21)11-14)18(22)13-6-8-15(20)9-7-13/h3-9,11-12,17-18,22H,10H2,1-2H3/t12?,17-,18?/m1/s1. The molecule has 0 fully saturated rings. The van der Waals surface area contributed by atoms with Crippen molar-refractivity contribution in [3.8, 4) is 0 Å². The number of hydrogen-bond acceptors (Lipinski definition) is 3. The summed E-state index contributed by atoms with van der Waals surface area (Å²) >= 11 is 12.0. The summed E-state index contributed by atoms with van der Waals surface area (Å²) in [6.07, 6.45) is -0.343. The molecular formula is C19H20Cl2O3. The van der Waals surface area contributed by atoms with Gasteiger partial charge in [0, 0.05) is 16.0 Å². The zero-order valence-corrected chi connectivity index (χ0v) is 15.1. The van der Waals surface area contributed by atoms with Gasteiger partial charge in [-0.05, 0) is 41.8 Å². The van der Waals surface area contributed by atoms with Gasteiger partial charge in [-0.3, -0.25) is 4.79 Å². The van der Waals surface area contributed by atoms with Crippen LogP contribution in [0.5, 0.6) is 0 Å². The molecule has 0 saturated carbocycles. The average molecular weight is 367 g/mol. The predicted molar refractivity (Wildman–Crippen MR) is 96.4 cm³/mol. The summed E-state index contributed by atoms with van der Waals surface area (Å²) in [5, 5.41) is 12.1. The Labute approximate surface area is 152 Å². The summed E-state index contributed by atoms with van der Waals surface area (Å²) in [4.78, 5) is 11.8. The Morgan fingerprint density at radius 1 is 1.08 bits per heavy atom. The predicted octanol–water partition coefficient (Wildman–Crippen LogP) is 5.01. The molecule has 0 heterocycles. The Hall–Kier alpha value is -1.55. The number of carbonyl (C=O) groups is 1. The third-order valence-electron chi connectivity index (χ3n) is 4.08. The van der Waals surface area contributed by atoms with Gasteiger partial charge in [-0.1, -0.05) is 54.4 Å². The minimum atomic E-state index is -0.784. The van der Waals surface area contributed by atoms with E-state index in [4.69, 9.17) is 27.9 Å². The number of ether oxygens (including phenoxy) is 1. The van der Waals surface area contributed by atoms with E-state index in [0.29, 0.717) is 16.5 Å². The van der Waals surface area contributed by atoms with Gasteiger partial charge >= 0.3 is 5.97 Å². The first-order chi connectivity index (χ1) is 11.4. The molecule has 1 N–H and O–H groups in total. The number of aliphatic hydroxyl groups is 1. The smallest absolute Gasteiger partial charge is 0.308 e. The van der Waals surface area contributed by atoms with Gasteiger partial charge in [0.15, 0.2) is 0 Å². The molecule has 5 heteroatoms. The molecule has 0 aliphatic heterocycles. The molecule has 0 aliphatic rings. The van der Waals surface area contributed by atoms with Gasteiger partial charge in [-0.2, -0.15) is 0 Å². The first-order valence-electron chi connectivity index (χ1n) is 7.69. The number of halogens is 2. The van der Waals surface area contributed by atoms with Gasteiger partial charge in [-0.25, -0.2) is 0 Å². The molecule has 0 spiro atoms. The van der Waals surface area contributed by atoms with Crippen LogP contribution >= 0.6 is 23.2 Å². The van der Waals surface area contributed by atoms with Gasteiger partial charge in [0.2, 0.25) is 0 Å². The molecule has 0 amide bonds. The van der Waals surface area contributed by atoms with Crippen LogP contribution < -0.4 is 0 Å². The Morgan fingerprint density at radius 3 is 2.33 bits per heavy atom. The van der Waals surface area contributed by atoms with E-state index >= 15 is 0 Å². The monoisotopic (exact) mass is 366 g/mol. The lowest BCUT2D eigenvalue weighted by Gasteiger charge is -2.26. The number of benzene rings is 2. The Kier molecular flexibility index (Phi) is 6.67. The zero-order valence-electron chi connectivity index (χ0n) is 13.6. The van der Waals surface area contributed by atoms with Crippen LogP contribution in [-0.4, -0.2) is 18.2 Å². The maximum Gasteiger partial charge on any atom is 0.308 e. The molecule has 2 aromatic rings. The van der Waals surface area contributed by atoms with Crippen molar-refractivity contribution < 1.29 is 14.6 Å². The topological polar surface area (TPSA) is 46.5 Å². The van der Waals surface area contributed by atoms with Crippen LogP contribution in [-0.2, 0) is 9.53 Å². The number of hydrogen-bond donors (Lipinski definition) is 1. The molecule has 2 rings (SSSR count). The highest BCUT2D eigenvalue weighted by Crippen LogP contribution is 2.37. The van der Waals surface area contributed by atoms with Gasteiger partial charge in [-0.15, -0.1) is 0 Å². The Balaban J connectivity index is 2.34. The van der Waals surface area contributed by atoms with Crippen molar-refractivity contribution in [1.82, 2.24) is 0 Å². The van der Waals surface area contributed by atoms with Crippen molar-refractivity contribution in [3.63, 3.8) is 0 Å². The average Bonchev–Trinajstić information content (AvgIpc) is 2.58. The van der Waals surface area contributed by atoms with Crippen molar-refractivity contribution in [3.05, 3.63) is 69.7 Å². The van der Waals surface area contributed by atoms with Crippen molar-refractivity contribution in [2.75, 3.05) is 7.11 Å². The normalized spacial score (nSPS) is 14.7. The lowest BCUT2D eigenvalue weighted by molar-refractivity contribution is -0.145. The second-order valence-electron chi connectivity index (χ2n) is 5.82. The molecule has 0 radical (unpaired) electrons. The molecular weight excluding hydrogens is 347 g/mol. The molecule has 2 aromatic carbocycles. The zero-order chi connectivity index (χ0) is 17.7. The molecule has 0 bridgehead atoms. The lowest BCUT2D eigenvalue weighted by atomic mass is 9.82. The van der Waals surface area contributed by atoms with Gasteiger partial charge in [0.25, 0.3) is 0 Å². The molecule has 0 aliphatic carbocycles. The number of rotatable bonds is 6. The highest BCUT2D eigenvalue weighted by Gasteiger charge is 2.28. The Bertz CT molecular complexity index is 685. The molecule has 0 aromatic heterocycles. The second-order valence-corrected chi connectivity index (χ2v) is 6.69. The lowest BCUT2D eigenvalue weighted by Crippen LogP contribution is -2.20. The van der Waals surface area contributed by atoms with E-state index in [-0.39, 0.29) is 17.8 Å². The molecule has 3 nitrogen and oxygen atoms in total. The largest absolute Gasteiger partial charge is 0.469 e. The van der Waals surface area contributed by atoms with Crippen LogP contribution in [0.4, 0.5) is 0 Å². The Morgan fingerprint density at radius 2 is 1.75 bits per heavy atom. The highest BCUT2D eigenvalue weighted by molar-refractivity contribution is 6.30. The van der Waals surface area contributed by atoms with Crippen LogP contribution in [0.3, 0.4) is 0 Å². The van der Waals surface area contributed by atoms with Crippen LogP contribution in [0.1, 0.15) is 36.5 Å². The van der Waals surface area contributed by atoms with Crippen molar-refractivity contribution in [2.45, 2.75) is 25.4 Å². The fraction of sp³-hybridized carbons (Fsp3) is 0.316. The number of methoxy groups -OCH3 is 1. The van der Waals surface area contributed by atoms with E-state index in [0.717, 1.165) is 11.1 Å². The summed E-state index contributed by atoms with van der Waals surface area (Å²) in [5.41, 5.74) is 1.61. The van der Waals surface area contributed by atoms with E-state index in [2.05, 4.69) is 0 Å². The van der Waals surface area contributed by atoms with E-state index in [1.807, 2.05) is 18.2 Å². The fourth-order valence-electron chi connectivity index (χ4n) is 2.76. The number of aliphatic hydroxyl groups excluding tert-OH is 1. The van der Waals surface area contributed by atoms with E-state index in [1.165, 1.54) is 7.11 Å². The molecule has 0 saturated heterocycles. The summed E-state index contributed by atoms with van der Waals surface area (Å²) in [6, 6.07) is 14.4. The molecule has 24 heavy (non-hydrogen) atoms. The highest BCUT2D eigenvalue weighted by atomic mass is 35.5. The van der Waals surface area contributed by atoms with Gasteiger partial charge < -0.3 is 9.84 Å². The molecule has 2 unspecified atom stereocenters. The van der Waals surface area contributed by atoms with Crippen LogP contribution in [0.25, 0.3) is 0 Å².